The average Bonchev–Trinajstić information content (AvgIpc) is 2.89. The third-order valence-electron chi connectivity index (χ3n) is 4.01. The van der Waals surface area contributed by atoms with Crippen molar-refractivity contribution in [2.24, 2.45) is 0 Å². The van der Waals surface area contributed by atoms with Crippen LogP contribution in [0.15, 0.2) is 47.6 Å². The second-order valence-electron chi connectivity index (χ2n) is 5.67. The lowest BCUT2D eigenvalue weighted by Gasteiger charge is -2.20. The second kappa shape index (κ2) is 8.67. The highest BCUT2D eigenvalue weighted by atomic mass is 32.2. The number of nitrogens with zero attached hydrogens (tertiary/aromatic N) is 2. The van der Waals surface area contributed by atoms with Gasteiger partial charge in [0.05, 0.1) is 5.75 Å². The fraction of sp³-hybridized carbons (Fsp3) is 0.333. The van der Waals surface area contributed by atoms with E-state index in [0.717, 1.165) is 11.0 Å². The first-order valence-electron chi connectivity index (χ1n) is 8.00. The molecule has 1 amide bonds. The number of benzene rings is 1. The molecule has 0 radical (unpaired) electrons. The number of hydrogen-bond acceptors (Lipinski definition) is 4. The summed E-state index contributed by atoms with van der Waals surface area (Å²) in [5.41, 5.74) is 0.394. The highest BCUT2D eigenvalue weighted by Gasteiger charge is 2.24. The van der Waals surface area contributed by atoms with Crippen molar-refractivity contribution >= 4 is 29.4 Å². The number of carbonyl (C=O) groups is 1. The molecule has 2 heterocycles. The van der Waals surface area contributed by atoms with E-state index in [1.807, 2.05) is 17.0 Å². The Kier molecular flexibility index (Phi) is 6.31. The highest BCUT2D eigenvalue weighted by molar-refractivity contribution is 8.00. The normalized spacial score (nSPS) is 18.0. The first kappa shape index (κ1) is 18.2. The van der Waals surface area contributed by atoms with Crippen LogP contribution in [0.1, 0.15) is 17.2 Å². The number of amides is 1. The van der Waals surface area contributed by atoms with E-state index >= 15 is 0 Å². The van der Waals surface area contributed by atoms with Crippen molar-refractivity contribution in [1.29, 1.82) is 0 Å². The van der Waals surface area contributed by atoms with Crippen LogP contribution in [0.25, 0.3) is 0 Å². The Morgan fingerprint density at radius 2 is 2.04 bits per heavy atom. The zero-order chi connectivity index (χ0) is 17.6. The van der Waals surface area contributed by atoms with Crippen molar-refractivity contribution in [2.75, 3.05) is 24.6 Å². The number of carbonyl (C=O) groups excluding carboxylic acids is 1. The zero-order valence-corrected chi connectivity index (χ0v) is 15.2. The van der Waals surface area contributed by atoms with E-state index in [1.54, 1.807) is 24.2 Å². The number of rotatable bonds is 4. The van der Waals surface area contributed by atoms with Crippen LogP contribution in [0.5, 0.6) is 0 Å². The summed E-state index contributed by atoms with van der Waals surface area (Å²) in [7, 11) is 0. The molecule has 1 saturated heterocycles. The van der Waals surface area contributed by atoms with Crippen LogP contribution >= 0.6 is 23.5 Å². The summed E-state index contributed by atoms with van der Waals surface area (Å²) in [5.74, 6) is 0.345. The van der Waals surface area contributed by atoms with Gasteiger partial charge in [0.25, 0.3) is 0 Å². The maximum absolute atomic E-state index is 14.0. The minimum Gasteiger partial charge on any atom is -0.341 e. The molecule has 1 atom stereocenters. The van der Waals surface area contributed by atoms with E-state index in [-0.39, 0.29) is 17.0 Å². The Labute approximate surface area is 154 Å². The third-order valence-corrected chi connectivity index (χ3v) is 6.32. The maximum atomic E-state index is 14.0. The molecule has 1 aliphatic heterocycles. The van der Waals surface area contributed by atoms with Crippen LogP contribution in [0.2, 0.25) is 0 Å². The molecule has 0 aliphatic carbocycles. The summed E-state index contributed by atoms with van der Waals surface area (Å²) in [6, 6.07) is 7.32. The van der Waals surface area contributed by atoms with Crippen LogP contribution in [0, 0.1) is 11.6 Å². The molecule has 0 spiro atoms. The van der Waals surface area contributed by atoms with E-state index in [1.165, 1.54) is 23.9 Å². The summed E-state index contributed by atoms with van der Waals surface area (Å²) in [5, 5.41) is -0.124. The lowest BCUT2D eigenvalue weighted by Crippen LogP contribution is -2.34. The molecule has 3 nitrogen and oxygen atoms in total. The van der Waals surface area contributed by atoms with E-state index in [2.05, 4.69) is 4.98 Å². The van der Waals surface area contributed by atoms with Gasteiger partial charge < -0.3 is 4.90 Å². The first-order valence-corrected chi connectivity index (χ1v) is 10.0. The molecule has 1 aromatic carbocycles. The Bertz CT molecular complexity index is 730. The molecule has 3 rings (SSSR count). The first-order chi connectivity index (χ1) is 12.1. The molecule has 25 heavy (non-hydrogen) atoms. The fourth-order valence-corrected chi connectivity index (χ4v) is 4.73. The van der Waals surface area contributed by atoms with Gasteiger partial charge in [-0.15, -0.1) is 11.8 Å². The topological polar surface area (TPSA) is 33.2 Å². The molecule has 0 N–H and O–H groups in total. The van der Waals surface area contributed by atoms with Crippen LogP contribution in [-0.2, 0) is 4.79 Å². The Balaban J connectivity index is 1.57. The molecule has 0 unspecified atom stereocenters. The monoisotopic (exact) mass is 380 g/mol. The quantitative estimate of drug-likeness (QED) is 0.746. The van der Waals surface area contributed by atoms with Gasteiger partial charge in [-0.05, 0) is 36.8 Å². The average molecular weight is 380 g/mol. The lowest BCUT2D eigenvalue weighted by atomic mass is 10.1. The lowest BCUT2D eigenvalue weighted by molar-refractivity contribution is -0.128. The molecule has 1 fully saturated rings. The summed E-state index contributed by atoms with van der Waals surface area (Å²) < 4.78 is 27.4. The summed E-state index contributed by atoms with van der Waals surface area (Å²) in [4.78, 5) is 19.2. The SMILES string of the molecule is O=C(CSc1ccncc1)N1CCS[C@H](c2cc(F)ccc2F)CC1. The van der Waals surface area contributed by atoms with Gasteiger partial charge >= 0.3 is 0 Å². The van der Waals surface area contributed by atoms with Gasteiger partial charge in [0.1, 0.15) is 11.6 Å². The Morgan fingerprint density at radius 3 is 2.84 bits per heavy atom. The predicted molar refractivity (Wildman–Crippen MR) is 97.7 cm³/mol. The van der Waals surface area contributed by atoms with Gasteiger partial charge in [-0.1, -0.05) is 0 Å². The number of thioether (sulfide) groups is 2. The molecule has 0 bridgehead atoms. The smallest absolute Gasteiger partial charge is 0.232 e. The van der Waals surface area contributed by atoms with E-state index in [0.29, 0.717) is 36.6 Å². The van der Waals surface area contributed by atoms with Crippen molar-refractivity contribution in [2.45, 2.75) is 16.6 Å². The van der Waals surface area contributed by atoms with Gasteiger partial charge in [-0.25, -0.2) is 8.78 Å². The molecular formula is C18H18F2N2OS2. The third kappa shape index (κ3) is 4.95. The van der Waals surface area contributed by atoms with Crippen molar-refractivity contribution in [3.05, 3.63) is 59.9 Å². The largest absolute Gasteiger partial charge is 0.341 e. The number of pyridine rings is 1. The minimum absolute atomic E-state index is 0.0720. The summed E-state index contributed by atoms with van der Waals surface area (Å²) in [6.45, 7) is 1.19. The van der Waals surface area contributed by atoms with Gasteiger partial charge in [0.2, 0.25) is 5.91 Å². The van der Waals surface area contributed by atoms with Crippen molar-refractivity contribution in [3.63, 3.8) is 0 Å². The van der Waals surface area contributed by atoms with Crippen molar-refractivity contribution in [3.8, 4) is 0 Å². The number of aromatic nitrogens is 1. The van der Waals surface area contributed by atoms with Crippen LogP contribution in [0.3, 0.4) is 0 Å². The van der Waals surface area contributed by atoms with Crippen LogP contribution < -0.4 is 0 Å². The molecule has 1 aromatic heterocycles. The van der Waals surface area contributed by atoms with Crippen molar-refractivity contribution in [1.82, 2.24) is 9.88 Å². The summed E-state index contributed by atoms with van der Waals surface area (Å²) in [6.07, 6.45) is 4.03. The minimum atomic E-state index is -0.428. The van der Waals surface area contributed by atoms with Gasteiger partial charge in [-0.3, -0.25) is 9.78 Å². The molecule has 132 valence electrons. The number of halogens is 2. The van der Waals surface area contributed by atoms with Crippen LogP contribution in [0.4, 0.5) is 8.78 Å². The molecule has 7 heteroatoms. The Hall–Kier alpha value is -1.60. The second-order valence-corrected chi connectivity index (χ2v) is 8.03. The fourth-order valence-electron chi connectivity index (χ4n) is 2.70. The zero-order valence-electron chi connectivity index (χ0n) is 13.5. The van der Waals surface area contributed by atoms with Crippen molar-refractivity contribution < 1.29 is 13.6 Å². The van der Waals surface area contributed by atoms with Gasteiger partial charge in [0, 0.05) is 46.9 Å². The highest BCUT2D eigenvalue weighted by Crippen LogP contribution is 2.36. The van der Waals surface area contributed by atoms with E-state index < -0.39 is 5.82 Å². The molecule has 0 saturated carbocycles. The standard InChI is InChI=1S/C18H18F2N2OS2/c19-13-1-2-16(20)15(11-13)17-5-8-22(9-10-24-17)18(23)12-25-14-3-6-21-7-4-14/h1-4,6-7,11,17H,5,8-10,12H2/t17-/m0/s1. The molecule has 2 aromatic rings. The van der Waals surface area contributed by atoms with Gasteiger partial charge in [-0.2, -0.15) is 11.8 Å². The van der Waals surface area contributed by atoms with E-state index in [9.17, 15) is 13.6 Å². The van der Waals surface area contributed by atoms with Crippen LogP contribution in [-0.4, -0.2) is 40.4 Å². The molecular weight excluding hydrogens is 362 g/mol. The Morgan fingerprint density at radius 1 is 1.24 bits per heavy atom. The van der Waals surface area contributed by atoms with Gasteiger partial charge in [0.15, 0.2) is 0 Å². The summed E-state index contributed by atoms with van der Waals surface area (Å²) >= 11 is 3.06. The maximum Gasteiger partial charge on any atom is 0.232 e. The van der Waals surface area contributed by atoms with E-state index in [4.69, 9.17) is 0 Å². The molecule has 1 aliphatic rings. The number of hydrogen-bond donors (Lipinski definition) is 0. The predicted octanol–water partition coefficient (Wildman–Crippen LogP) is 4.16.